The van der Waals surface area contributed by atoms with Crippen LogP contribution in [0.5, 0.6) is 11.5 Å². The first kappa shape index (κ1) is 17.5. The summed E-state index contributed by atoms with van der Waals surface area (Å²) in [5.74, 6) is 1.94. The molecule has 0 unspecified atom stereocenters. The SMILES string of the molecule is COc1ccc(NC(=O)CCc2nc(-c3ccccc3)no2)c(OC)c1. The maximum atomic E-state index is 12.2. The first-order valence-electron chi connectivity index (χ1n) is 8.09. The third kappa shape index (κ3) is 4.18. The lowest BCUT2D eigenvalue weighted by Crippen LogP contribution is -2.13. The number of hydrogen-bond acceptors (Lipinski definition) is 6. The summed E-state index contributed by atoms with van der Waals surface area (Å²) in [6.07, 6.45) is 0.565. The second-order valence-electron chi connectivity index (χ2n) is 5.49. The van der Waals surface area contributed by atoms with Crippen molar-refractivity contribution in [1.29, 1.82) is 0 Å². The van der Waals surface area contributed by atoms with Gasteiger partial charge in [-0.1, -0.05) is 35.5 Å². The molecule has 3 aromatic rings. The Morgan fingerprint density at radius 3 is 2.65 bits per heavy atom. The van der Waals surface area contributed by atoms with Gasteiger partial charge in [0.05, 0.1) is 19.9 Å². The number of ether oxygens (including phenoxy) is 2. The van der Waals surface area contributed by atoms with Crippen LogP contribution in [0.3, 0.4) is 0 Å². The number of methoxy groups -OCH3 is 2. The minimum Gasteiger partial charge on any atom is -0.497 e. The lowest BCUT2D eigenvalue weighted by molar-refractivity contribution is -0.116. The summed E-state index contributed by atoms with van der Waals surface area (Å²) in [5.41, 5.74) is 1.45. The number of benzene rings is 2. The molecule has 0 bridgehead atoms. The normalized spacial score (nSPS) is 10.4. The topological polar surface area (TPSA) is 86.5 Å². The maximum absolute atomic E-state index is 12.2. The molecule has 0 aliphatic carbocycles. The Hall–Kier alpha value is -3.35. The molecule has 0 aliphatic heterocycles. The number of nitrogens with one attached hydrogen (secondary N) is 1. The fraction of sp³-hybridized carbons (Fsp3) is 0.211. The Morgan fingerprint density at radius 2 is 1.92 bits per heavy atom. The third-order valence-corrected chi connectivity index (χ3v) is 3.75. The zero-order valence-corrected chi connectivity index (χ0v) is 14.6. The first-order chi connectivity index (χ1) is 12.7. The molecule has 0 radical (unpaired) electrons. The number of rotatable bonds is 7. The minimum atomic E-state index is -0.173. The van der Waals surface area contributed by atoms with Crippen molar-refractivity contribution in [2.24, 2.45) is 0 Å². The maximum Gasteiger partial charge on any atom is 0.227 e. The fourth-order valence-electron chi connectivity index (χ4n) is 2.40. The number of carbonyl (C=O) groups is 1. The van der Waals surface area contributed by atoms with Crippen LogP contribution in [0.4, 0.5) is 5.69 Å². The van der Waals surface area contributed by atoms with Gasteiger partial charge in [0.15, 0.2) is 0 Å². The number of anilines is 1. The largest absolute Gasteiger partial charge is 0.497 e. The molecule has 0 fully saturated rings. The van der Waals surface area contributed by atoms with Gasteiger partial charge in [-0.05, 0) is 12.1 Å². The van der Waals surface area contributed by atoms with Crippen molar-refractivity contribution in [3.8, 4) is 22.9 Å². The molecule has 1 amide bonds. The van der Waals surface area contributed by atoms with Gasteiger partial charge in [-0.3, -0.25) is 4.79 Å². The van der Waals surface area contributed by atoms with E-state index in [1.807, 2.05) is 30.3 Å². The molecule has 3 rings (SSSR count). The highest BCUT2D eigenvalue weighted by Crippen LogP contribution is 2.29. The van der Waals surface area contributed by atoms with Gasteiger partial charge in [0, 0.05) is 24.5 Å². The predicted octanol–water partition coefficient (Wildman–Crippen LogP) is 3.33. The van der Waals surface area contributed by atoms with Crippen molar-refractivity contribution >= 4 is 11.6 Å². The molecule has 7 nitrogen and oxygen atoms in total. The van der Waals surface area contributed by atoms with E-state index in [1.165, 1.54) is 7.11 Å². The molecule has 1 aromatic heterocycles. The smallest absolute Gasteiger partial charge is 0.227 e. The van der Waals surface area contributed by atoms with Crippen LogP contribution in [0.15, 0.2) is 53.1 Å². The van der Waals surface area contributed by atoms with Crippen molar-refractivity contribution in [3.63, 3.8) is 0 Å². The number of hydrogen-bond donors (Lipinski definition) is 1. The Morgan fingerprint density at radius 1 is 1.12 bits per heavy atom. The quantitative estimate of drug-likeness (QED) is 0.701. The molecule has 0 aliphatic rings. The second kappa shape index (κ2) is 8.15. The van der Waals surface area contributed by atoms with Crippen molar-refractivity contribution in [1.82, 2.24) is 10.1 Å². The van der Waals surface area contributed by atoms with E-state index in [-0.39, 0.29) is 12.3 Å². The highest BCUT2D eigenvalue weighted by molar-refractivity contribution is 5.92. The summed E-state index contributed by atoms with van der Waals surface area (Å²) in [4.78, 5) is 16.5. The molecule has 1 N–H and O–H groups in total. The van der Waals surface area contributed by atoms with Crippen LogP contribution in [-0.2, 0) is 11.2 Å². The van der Waals surface area contributed by atoms with Crippen molar-refractivity contribution < 1.29 is 18.8 Å². The monoisotopic (exact) mass is 353 g/mol. The Bertz CT molecular complexity index is 878. The van der Waals surface area contributed by atoms with E-state index in [0.29, 0.717) is 35.3 Å². The summed E-state index contributed by atoms with van der Waals surface area (Å²) < 4.78 is 15.6. The number of nitrogens with zero attached hydrogens (tertiary/aromatic N) is 2. The van der Waals surface area contributed by atoms with Gasteiger partial charge in [0.2, 0.25) is 17.6 Å². The van der Waals surface area contributed by atoms with E-state index in [1.54, 1.807) is 25.3 Å². The molecule has 1 heterocycles. The molecule has 7 heteroatoms. The van der Waals surface area contributed by atoms with Crippen molar-refractivity contribution in [2.45, 2.75) is 12.8 Å². The van der Waals surface area contributed by atoms with Gasteiger partial charge >= 0.3 is 0 Å². The minimum absolute atomic E-state index is 0.173. The van der Waals surface area contributed by atoms with Crippen LogP contribution in [0.1, 0.15) is 12.3 Å². The number of amides is 1. The molecule has 0 saturated carbocycles. The van der Waals surface area contributed by atoms with Gasteiger partial charge in [-0.25, -0.2) is 0 Å². The van der Waals surface area contributed by atoms with Crippen LogP contribution in [-0.4, -0.2) is 30.3 Å². The summed E-state index contributed by atoms with van der Waals surface area (Å²) in [6, 6.07) is 14.7. The zero-order chi connectivity index (χ0) is 18.4. The summed E-state index contributed by atoms with van der Waals surface area (Å²) in [5, 5.41) is 6.76. The third-order valence-electron chi connectivity index (χ3n) is 3.75. The molecule has 2 aromatic carbocycles. The molecule has 0 saturated heterocycles. The Balaban J connectivity index is 1.59. The van der Waals surface area contributed by atoms with Crippen LogP contribution in [0, 0.1) is 0 Å². The summed E-state index contributed by atoms with van der Waals surface area (Å²) in [6.45, 7) is 0. The molecule has 134 valence electrons. The molecular weight excluding hydrogens is 334 g/mol. The molecular formula is C19H19N3O4. The molecule has 0 spiro atoms. The molecule has 0 atom stereocenters. The zero-order valence-electron chi connectivity index (χ0n) is 14.6. The predicted molar refractivity (Wildman–Crippen MR) is 96.2 cm³/mol. The average Bonchev–Trinajstić information content (AvgIpc) is 3.16. The van der Waals surface area contributed by atoms with Gasteiger partial charge in [0.25, 0.3) is 0 Å². The van der Waals surface area contributed by atoms with E-state index in [9.17, 15) is 4.79 Å². The van der Waals surface area contributed by atoms with Gasteiger partial charge < -0.3 is 19.3 Å². The first-order valence-corrected chi connectivity index (χ1v) is 8.09. The van der Waals surface area contributed by atoms with E-state index in [4.69, 9.17) is 14.0 Å². The van der Waals surface area contributed by atoms with E-state index < -0.39 is 0 Å². The van der Waals surface area contributed by atoms with E-state index in [2.05, 4.69) is 15.5 Å². The van der Waals surface area contributed by atoms with Crippen molar-refractivity contribution in [2.75, 3.05) is 19.5 Å². The molecule has 26 heavy (non-hydrogen) atoms. The van der Waals surface area contributed by atoms with E-state index >= 15 is 0 Å². The van der Waals surface area contributed by atoms with Crippen LogP contribution in [0.25, 0.3) is 11.4 Å². The van der Waals surface area contributed by atoms with Crippen LogP contribution >= 0.6 is 0 Å². The number of carbonyl (C=O) groups excluding carboxylic acids is 1. The summed E-state index contributed by atoms with van der Waals surface area (Å²) >= 11 is 0. The average molecular weight is 353 g/mol. The number of aryl methyl sites for hydroxylation is 1. The lowest BCUT2D eigenvalue weighted by atomic mass is 10.2. The Labute approximate surface area is 150 Å². The lowest BCUT2D eigenvalue weighted by Gasteiger charge is -2.11. The standard InChI is InChI=1S/C19H19N3O4/c1-24-14-8-9-15(16(12-14)25-2)20-17(23)10-11-18-21-19(22-26-18)13-6-4-3-5-7-13/h3-9,12H,10-11H2,1-2H3,(H,20,23). The highest BCUT2D eigenvalue weighted by atomic mass is 16.5. The Kier molecular flexibility index (Phi) is 5.48. The van der Waals surface area contributed by atoms with Crippen LogP contribution < -0.4 is 14.8 Å². The van der Waals surface area contributed by atoms with Gasteiger partial charge in [-0.2, -0.15) is 4.98 Å². The second-order valence-corrected chi connectivity index (χ2v) is 5.49. The van der Waals surface area contributed by atoms with E-state index in [0.717, 1.165) is 5.56 Å². The van der Waals surface area contributed by atoms with Crippen LogP contribution in [0.2, 0.25) is 0 Å². The van der Waals surface area contributed by atoms with Gasteiger partial charge in [0.1, 0.15) is 11.5 Å². The number of aromatic nitrogens is 2. The fourth-order valence-corrected chi connectivity index (χ4v) is 2.40. The highest BCUT2D eigenvalue weighted by Gasteiger charge is 2.12. The summed E-state index contributed by atoms with van der Waals surface area (Å²) in [7, 11) is 3.11. The van der Waals surface area contributed by atoms with Gasteiger partial charge in [-0.15, -0.1) is 0 Å². The van der Waals surface area contributed by atoms with Crippen molar-refractivity contribution in [3.05, 3.63) is 54.4 Å².